The highest BCUT2D eigenvalue weighted by Gasteiger charge is 2.61. The number of aliphatic hydroxyl groups is 1. The van der Waals surface area contributed by atoms with Crippen molar-refractivity contribution in [3.05, 3.63) is 76.2 Å². The molecule has 15 heteroatoms. The van der Waals surface area contributed by atoms with Crippen molar-refractivity contribution in [2.45, 2.75) is 139 Å². The molecule has 0 radical (unpaired) electrons. The van der Waals surface area contributed by atoms with Gasteiger partial charge in [-0.05, 0) is 113 Å². The summed E-state index contributed by atoms with van der Waals surface area (Å²) < 4.78 is 12.6. The third-order valence-electron chi connectivity index (χ3n) is 14.0. The van der Waals surface area contributed by atoms with Gasteiger partial charge in [0.15, 0.2) is 0 Å². The van der Waals surface area contributed by atoms with Crippen LogP contribution < -0.4 is 25.0 Å². The monoisotopic (exact) mass is 850 g/mol. The molecule has 61 heavy (non-hydrogen) atoms. The van der Waals surface area contributed by atoms with Crippen LogP contribution in [0.25, 0.3) is 0 Å². The molecule has 5 fully saturated rings. The number of hydrogen-bond donors (Lipinski definition) is 3. The van der Waals surface area contributed by atoms with Crippen LogP contribution in [-0.2, 0) is 10.3 Å². The Labute approximate surface area is 361 Å². The molecule has 3 amide bonds. The number of amides is 3. The van der Waals surface area contributed by atoms with E-state index in [0.29, 0.717) is 58.4 Å². The van der Waals surface area contributed by atoms with Gasteiger partial charge in [0.25, 0.3) is 11.8 Å². The molecule has 3 aliphatic heterocycles. The van der Waals surface area contributed by atoms with E-state index in [2.05, 4.69) is 50.3 Å². The van der Waals surface area contributed by atoms with Crippen molar-refractivity contribution in [3.63, 3.8) is 0 Å². The first-order valence-electron chi connectivity index (χ1n) is 22.1. The number of aromatic nitrogens is 2. The van der Waals surface area contributed by atoms with Crippen LogP contribution in [0.3, 0.4) is 0 Å². The average Bonchev–Trinajstić information content (AvgIpc) is 4.00. The fourth-order valence-corrected chi connectivity index (χ4v) is 10.5. The number of ether oxygens (including phenoxy) is 2. The Hall–Kier alpha value is -4.97. The van der Waals surface area contributed by atoms with Crippen LogP contribution >= 0.6 is 11.6 Å². The Morgan fingerprint density at radius 3 is 2.38 bits per heavy atom. The summed E-state index contributed by atoms with van der Waals surface area (Å²) in [5, 5.41) is 25.9. The predicted molar refractivity (Wildman–Crippen MR) is 227 cm³/mol. The van der Waals surface area contributed by atoms with Gasteiger partial charge in [0.1, 0.15) is 41.4 Å². The van der Waals surface area contributed by atoms with Crippen molar-refractivity contribution < 1.29 is 29.0 Å². The highest BCUT2D eigenvalue weighted by molar-refractivity contribution is 6.31. The van der Waals surface area contributed by atoms with E-state index in [9.17, 15) is 19.5 Å². The lowest BCUT2D eigenvalue weighted by Gasteiger charge is -2.46. The smallest absolute Gasteiger partial charge is 0.271 e. The Balaban J connectivity index is 0.710. The number of halogens is 1. The molecule has 3 saturated carbocycles. The van der Waals surface area contributed by atoms with E-state index in [1.807, 2.05) is 23.1 Å². The zero-order valence-electron chi connectivity index (χ0n) is 34.9. The van der Waals surface area contributed by atoms with Crippen LogP contribution in [0.2, 0.25) is 5.02 Å². The Kier molecular flexibility index (Phi) is 11.6. The molecule has 2 aromatic carbocycles. The molecule has 1 aromatic heterocycles. The number of anilines is 1. The molecular weight excluding hydrogens is 796 g/mol. The van der Waals surface area contributed by atoms with Crippen LogP contribution in [-0.4, -0.2) is 105 Å². The molecule has 2 saturated heterocycles. The van der Waals surface area contributed by atoms with Gasteiger partial charge in [-0.15, -0.1) is 0 Å². The normalized spacial score (nSPS) is 27.0. The molecule has 6 aliphatic rings. The SMILES string of the molecule is CC(C)N(CC1CCN(c2cnc(C(=O)N[C@H]3CC[C@H](Oc4ccc(C#N)c(Cl)c4)CC3)cn2)CC1)[C@H]1C[C@H](Oc2ccc3c(c2)C2(CC2)N(C2CCC(=O)NC2O)C3=O)C1. The summed E-state index contributed by atoms with van der Waals surface area (Å²) in [7, 11) is 0. The van der Waals surface area contributed by atoms with Gasteiger partial charge in [-0.25, -0.2) is 9.97 Å². The number of carbonyl (C=O) groups excluding carboxylic acids is 3. The van der Waals surface area contributed by atoms with Gasteiger partial charge < -0.3 is 35.0 Å². The van der Waals surface area contributed by atoms with Gasteiger partial charge in [0.2, 0.25) is 5.91 Å². The number of nitrogens with zero attached hydrogens (tertiary/aromatic N) is 6. The van der Waals surface area contributed by atoms with Crippen molar-refractivity contribution in [2.24, 2.45) is 5.92 Å². The number of benzene rings is 2. The largest absolute Gasteiger partial charge is 0.490 e. The van der Waals surface area contributed by atoms with E-state index in [0.717, 1.165) is 101 Å². The summed E-state index contributed by atoms with van der Waals surface area (Å²) in [5.74, 6) is 2.34. The predicted octanol–water partition coefficient (Wildman–Crippen LogP) is 5.70. The molecule has 3 N–H and O–H groups in total. The molecular formula is C46H55ClN8O6. The van der Waals surface area contributed by atoms with Gasteiger partial charge in [-0.3, -0.25) is 19.3 Å². The Morgan fingerprint density at radius 2 is 1.72 bits per heavy atom. The molecule has 0 bridgehead atoms. The second-order valence-corrected chi connectivity index (χ2v) is 18.6. The quantitative estimate of drug-likeness (QED) is 0.204. The summed E-state index contributed by atoms with van der Waals surface area (Å²) >= 11 is 6.16. The third kappa shape index (κ3) is 8.49. The lowest BCUT2D eigenvalue weighted by molar-refractivity contribution is -0.130. The minimum absolute atomic E-state index is 0.0262. The summed E-state index contributed by atoms with van der Waals surface area (Å²) in [6.45, 7) is 7.37. The van der Waals surface area contributed by atoms with Gasteiger partial charge >= 0.3 is 0 Å². The van der Waals surface area contributed by atoms with E-state index < -0.39 is 17.8 Å². The number of carbonyl (C=O) groups is 3. The van der Waals surface area contributed by atoms with E-state index in [1.165, 1.54) is 0 Å². The molecule has 9 rings (SSSR count). The standard InChI is InChI=1S/C46H55ClN8O6/c1-27(2)54(31-19-35(20-31)61-33-9-10-36-37(21-33)46(15-16-46)55(45(36)59)40-11-12-42(56)52-44(40)58)26-28-13-17-53(18-14-28)41-25-49-39(24-50-41)43(57)51-30-4-7-32(8-5-30)60-34-6-3-29(23-48)38(47)22-34/h3,6,9-10,21-22,24-25,27-28,30-32,35,40,44,58H,4-5,7-8,11-20,26H2,1-2H3,(H,51,57)(H,52,56)/t30-,31-,32-,35-,40?,44?. The number of piperidine rings is 2. The molecule has 14 nitrogen and oxygen atoms in total. The van der Waals surface area contributed by atoms with Gasteiger partial charge in [0, 0.05) is 68.7 Å². The fraction of sp³-hybridized carbons (Fsp3) is 0.565. The minimum atomic E-state index is -1.06. The van der Waals surface area contributed by atoms with Gasteiger partial charge in [-0.1, -0.05) is 11.6 Å². The average molecular weight is 851 g/mol. The maximum Gasteiger partial charge on any atom is 0.271 e. The van der Waals surface area contributed by atoms with E-state index in [-0.39, 0.29) is 36.0 Å². The summed E-state index contributed by atoms with van der Waals surface area (Å²) in [4.78, 5) is 54.4. The summed E-state index contributed by atoms with van der Waals surface area (Å²) in [5.41, 5.74) is 1.99. The number of aliphatic hydroxyl groups excluding tert-OH is 1. The van der Waals surface area contributed by atoms with Crippen LogP contribution in [0.4, 0.5) is 5.82 Å². The Morgan fingerprint density at radius 1 is 1.00 bits per heavy atom. The fourth-order valence-electron chi connectivity index (χ4n) is 10.3. The lowest BCUT2D eigenvalue weighted by atomic mass is 9.85. The maximum absolute atomic E-state index is 13.6. The van der Waals surface area contributed by atoms with E-state index in [4.69, 9.17) is 26.3 Å². The number of hydrogen-bond acceptors (Lipinski definition) is 11. The second-order valence-electron chi connectivity index (χ2n) is 18.2. The lowest BCUT2D eigenvalue weighted by Crippen LogP contribution is -2.57. The molecule has 3 aromatic rings. The first kappa shape index (κ1) is 41.4. The molecule has 2 atom stereocenters. The van der Waals surface area contributed by atoms with E-state index in [1.54, 1.807) is 30.6 Å². The number of rotatable bonds is 12. The highest BCUT2D eigenvalue weighted by Crippen LogP contribution is 2.58. The molecule has 322 valence electrons. The van der Waals surface area contributed by atoms with Crippen molar-refractivity contribution >= 4 is 35.1 Å². The van der Waals surface area contributed by atoms with Gasteiger partial charge in [-0.2, -0.15) is 5.26 Å². The zero-order chi connectivity index (χ0) is 42.4. The topological polar surface area (TPSA) is 173 Å². The molecule has 4 heterocycles. The van der Waals surface area contributed by atoms with Gasteiger partial charge in [0.05, 0.1) is 40.7 Å². The second kappa shape index (κ2) is 17.1. The van der Waals surface area contributed by atoms with Crippen molar-refractivity contribution in [1.29, 1.82) is 5.26 Å². The van der Waals surface area contributed by atoms with E-state index >= 15 is 0 Å². The van der Waals surface area contributed by atoms with Crippen LogP contribution in [0, 0.1) is 17.2 Å². The van der Waals surface area contributed by atoms with Crippen molar-refractivity contribution in [3.8, 4) is 17.6 Å². The van der Waals surface area contributed by atoms with Crippen LogP contribution in [0.1, 0.15) is 123 Å². The third-order valence-corrected chi connectivity index (χ3v) is 14.3. The number of fused-ring (bicyclic) bond motifs is 2. The molecule has 3 aliphatic carbocycles. The minimum Gasteiger partial charge on any atom is -0.490 e. The maximum atomic E-state index is 13.6. The molecule has 1 spiro atoms. The summed E-state index contributed by atoms with van der Waals surface area (Å²) in [6.07, 6.45) is 12.1. The van der Waals surface area contributed by atoms with Crippen LogP contribution in [0.15, 0.2) is 48.8 Å². The molecule has 2 unspecified atom stereocenters. The van der Waals surface area contributed by atoms with Crippen molar-refractivity contribution in [1.82, 2.24) is 30.4 Å². The summed E-state index contributed by atoms with van der Waals surface area (Å²) in [6, 6.07) is 13.5. The van der Waals surface area contributed by atoms with Crippen molar-refractivity contribution in [2.75, 3.05) is 24.5 Å². The van der Waals surface area contributed by atoms with Crippen LogP contribution in [0.5, 0.6) is 11.5 Å². The number of nitrogens with one attached hydrogen (secondary N) is 2. The highest BCUT2D eigenvalue weighted by atomic mass is 35.5. The first-order chi connectivity index (χ1) is 29.5. The first-order valence-corrected chi connectivity index (χ1v) is 22.5. The zero-order valence-corrected chi connectivity index (χ0v) is 35.6. The number of nitriles is 1. The Bertz CT molecular complexity index is 2170.